The molecule has 2 rings (SSSR count). The Kier molecular flexibility index (Phi) is 5.36. The highest BCUT2D eigenvalue weighted by atomic mass is 16.5. The number of rotatable bonds is 6. The molecule has 116 valence electrons. The van der Waals surface area contributed by atoms with E-state index in [1.54, 1.807) is 12.1 Å². The maximum atomic E-state index is 11.8. The van der Waals surface area contributed by atoms with Crippen molar-refractivity contribution >= 4 is 5.91 Å². The summed E-state index contributed by atoms with van der Waals surface area (Å²) in [7, 11) is 0. The third kappa shape index (κ3) is 4.22. The molecule has 0 fully saturated rings. The summed E-state index contributed by atoms with van der Waals surface area (Å²) >= 11 is 0. The van der Waals surface area contributed by atoms with Crippen molar-refractivity contribution < 1.29 is 14.3 Å². The van der Waals surface area contributed by atoms with Gasteiger partial charge in [-0.25, -0.2) is 0 Å². The van der Waals surface area contributed by atoms with E-state index in [0.29, 0.717) is 23.8 Å². The zero-order valence-corrected chi connectivity index (χ0v) is 12.8. The van der Waals surface area contributed by atoms with Crippen LogP contribution in [0.5, 0.6) is 5.75 Å². The van der Waals surface area contributed by atoms with E-state index in [9.17, 15) is 10.0 Å². The van der Waals surface area contributed by atoms with Gasteiger partial charge in [0.15, 0.2) is 6.20 Å². The molecule has 0 aliphatic rings. The molecule has 5 nitrogen and oxygen atoms in total. The van der Waals surface area contributed by atoms with Gasteiger partial charge in [-0.15, -0.1) is 0 Å². The summed E-state index contributed by atoms with van der Waals surface area (Å²) in [6.45, 7) is 4.95. The predicted molar refractivity (Wildman–Crippen MR) is 83.8 cm³/mol. The highest BCUT2D eigenvalue weighted by molar-refractivity contribution is 5.90. The Morgan fingerprint density at radius 2 is 1.95 bits per heavy atom. The summed E-state index contributed by atoms with van der Waals surface area (Å²) in [5, 5.41) is 14.1. The molecule has 22 heavy (non-hydrogen) atoms. The fourth-order valence-corrected chi connectivity index (χ4v) is 1.98. The normalized spacial score (nSPS) is 10.5. The molecular weight excluding hydrogens is 280 g/mol. The lowest BCUT2D eigenvalue weighted by Gasteiger charge is -2.09. The molecule has 1 aromatic heterocycles. The monoisotopic (exact) mass is 300 g/mol. The van der Waals surface area contributed by atoms with E-state index < -0.39 is 5.91 Å². The Morgan fingerprint density at radius 3 is 2.59 bits per heavy atom. The Hall–Kier alpha value is -2.56. The Labute approximate surface area is 130 Å². The number of nitrogens with one attached hydrogen (secondary N) is 1. The third-order valence-corrected chi connectivity index (χ3v) is 3.26. The Bertz CT molecular complexity index is 624. The van der Waals surface area contributed by atoms with Crippen LogP contribution in [0.4, 0.5) is 0 Å². The average Bonchev–Trinajstić information content (AvgIpc) is 2.52. The van der Waals surface area contributed by atoms with E-state index in [1.165, 1.54) is 17.8 Å². The van der Waals surface area contributed by atoms with E-state index >= 15 is 0 Å². The predicted octanol–water partition coefficient (Wildman–Crippen LogP) is 2.25. The van der Waals surface area contributed by atoms with E-state index in [2.05, 4.69) is 19.2 Å². The first kappa shape index (κ1) is 15.8. The van der Waals surface area contributed by atoms with Gasteiger partial charge in [-0.1, -0.05) is 26.0 Å². The Morgan fingerprint density at radius 1 is 1.23 bits per heavy atom. The van der Waals surface area contributed by atoms with Crippen LogP contribution < -0.4 is 14.8 Å². The van der Waals surface area contributed by atoms with Gasteiger partial charge in [-0.3, -0.25) is 4.79 Å². The lowest BCUT2D eigenvalue weighted by atomic mass is 10.0. The fourth-order valence-electron chi connectivity index (χ4n) is 1.98. The standard InChI is InChI=1S/C17H20N2O3/c1-13(2)14-6-8-15(9-7-14)22-12-10-18-17(20)16-5-3-4-11-19(16)21/h3-9,11,13H,10,12H2,1-2H3,(H,18,20). The molecule has 0 spiro atoms. The largest absolute Gasteiger partial charge is 0.618 e. The zero-order chi connectivity index (χ0) is 15.9. The van der Waals surface area contributed by atoms with Crippen LogP contribution in [-0.4, -0.2) is 19.1 Å². The van der Waals surface area contributed by atoms with Gasteiger partial charge < -0.3 is 15.3 Å². The molecular formula is C17H20N2O3. The highest BCUT2D eigenvalue weighted by Gasteiger charge is 2.13. The van der Waals surface area contributed by atoms with E-state index in [1.807, 2.05) is 24.3 Å². The third-order valence-electron chi connectivity index (χ3n) is 3.26. The minimum atomic E-state index is -0.408. The first-order valence-electron chi connectivity index (χ1n) is 7.27. The van der Waals surface area contributed by atoms with Gasteiger partial charge in [-0.05, 0) is 29.7 Å². The van der Waals surface area contributed by atoms with Gasteiger partial charge in [-0.2, -0.15) is 4.73 Å². The molecule has 0 bridgehead atoms. The highest BCUT2D eigenvalue weighted by Crippen LogP contribution is 2.18. The lowest BCUT2D eigenvalue weighted by Crippen LogP contribution is -2.40. The minimum absolute atomic E-state index is 0.0730. The van der Waals surface area contributed by atoms with Crippen molar-refractivity contribution in [2.75, 3.05) is 13.2 Å². The van der Waals surface area contributed by atoms with Gasteiger partial charge in [0.05, 0.1) is 6.54 Å². The molecule has 1 heterocycles. The van der Waals surface area contributed by atoms with Crippen molar-refractivity contribution in [2.24, 2.45) is 0 Å². The van der Waals surface area contributed by atoms with Crippen LogP contribution in [0.3, 0.4) is 0 Å². The van der Waals surface area contributed by atoms with Gasteiger partial charge >= 0.3 is 5.91 Å². The van der Waals surface area contributed by atoms with Crippen molar-refractivity contribution in [2.45, 2.75) is 19.8 Å². The fraction of sp³-hybridized carbons (Fsp3) is 0.294. The van der Waals surface area contributed by atoms with Crippen molar-refractivity contribution in [1.29, 1.82) is 0 Å². The second-order valence-electron chi connectivity index (χ2n) is 5.24. The summed E-state index contributed by atoms with van der Waals surface area (Å²) in [5.74, 6) is 0.838. The molecule has 0 aliphatic carbocycles. The number of hydrogen-bond donors (Lipinski definition) is 1. The number of benzene rings is 1. The number of nitrogens with zero attached hydrogens (tertiary/aromatic N) is 1. The number of ether oxygens (including phenoxy) is 1. The maximum absolute atomic E-state index is 11.8. The van der Waals surface area contributed by atoms with Crippen molar-refractivity contribution in [1.82, 2.24) is 5.32 Å². The summed E-state index contributed by atoms with van der Waals surface area (Å²) in [4.78, 5) is 11.8. The quantitative estimate of drug-likeness (QED) is 0.505. The molecule has 0 unspecified atom stereocenters. The second kappa shape index (κ2) is 7.45. The Balaban J connectivity index is 1.77. The molecule has 0 saturated carbocycles. The van der Waals surface area contributed by atoms with Gasteiger partial charge in [0.2, 0.25) is 0 Å². The van der Waals surface area contributed by atoms with Crippen LogP contribution in [-0.2, 0) is 0 Å². The van der Waals surface area contributed by atoms with Crippen LogP contribution in [0.1, 0.15) is 35.8 Å². The molecule has 0 atom stereocenters. The molecule has 2 aromatic rings. The van der Waals surface area contributed by atoms with Crippen molar-refractivity contribution in [3.05, 3.63) is 65.1 Å². The zero-order valence-electron chi connectivity index (χ0n) is 12.8. The van der Waals surface area contributed by atoms with E-state index in [4.69, 9.17) is 4.74 Å². The number of aromatic nitrogens is 1. The van der Waals surface area contributed by atoms with Crippen LogP contribution in [0.2, 0.25) is 0 Å². The van der Waals surface area contributed by atoms with E-state index in [0.717, 1.165) is 5.75 Å². The number of hydrogen-bond acceptors (Lipinski definition) is 3. The van der Waals surface area contributed by atoms with Crippen molar-refractivity contribution in [3.63, 3.8) is 0 Å². The van der Waals surface area contributed by atoms with Gasteiger partial charge in [0.1, 0.15) is 12.4 Å². The summed E-state index contributed by atoms with van der Waals surface area (Å²) < 4.78 is 6.10. The summed E-state index contributed by atoms with van der Waals surface area (Å²) in [6, 6.07) is 12.6. The van der Waals surface area contributed by atoms with Crippen LogP contribution in [0, 0.1) is 5.21 Å². The van der Waals surface area contributed by atoms with Crippen molar-refractivity contribution in [3.8, 4) is 5.75 Å². The van der Waals surface area contributed by atoms with Crippen LogP contribution in [0.25, 0.3) is 0 Å². The smallest absolute Gasteiger partial charge is 0.317 e. The van der Waals surface area contributed by atoms with E-state index in [-0.39, 0.29) is 5.69 Å². The van der Waals surface area contributed by atoms with Crippen LogP contribution in [0.15, 0.2) is 48.7 Å². The van der Waals surface area contributed by atoms with Gasteiger partial charge in [0.25, 0.3) is 5.69 Å². The molecule has 5 heteroatoms. The number of carbonyl (C=O) groups excluding carboxylic acids is 1. The minimum Gasteiger partial charge on any atom is -0.618 e. The first-order chi connectivity index (χ1) is 10.6. The van der Waals surface area contributed by atoms with Gasteiger partial charge in [0, 0.05) is 12.1 Å². The number of amides is 1. The second-order valence-corrected chi connectivity index (χ2v) is 5.24. The number of pyridine rings is 1. The van der Waals surface area contributed by atoms with Crippen LogP contribution >= 0.6 is 0 Å². The molecule has 1 aromatic carbocycles. The molecule has 0 aliphatic heterocycles. The molecule has 1 amide bonds. The SMILES string of the molecule is CC(C)c1ccc(OCCNC(=O)c2cccc[n+]2[O-])cc1. The summed E-state index contributed by atoms with van der Waals surface area (Å²) in [6.07, 6.45) is 1.29. The molecule has 0 saturated heterocycles. The lowest BCUT2D eigenvalue weighted by molar-refractivity contribution is -0.607. The molecule has 0 radical (unpaired) electrons. The average molecular weight is 300 g/mol. The molecule has 1 N–H and O–H groups in total. The summed E-state index contributed by atoms with van der Waals surface area (Å²) in [5.41, 5.74) is 1.33. The maximum Gasteiger partial charge on any atom is 0.317 e. The topological polar surface area (TPSA) is 65.3 Å². The first-order valence-corrected chi connectivity index (χ1v) is 7.27. The number of carbonyl (C=O) groups is 1.